The minimum Gasteiger partial charge on any atom is -0.484 e. The van der Waals surface area contributed by atoms with Crippen molar-refractivity contribution in [3.05, 3.63) is 77.6 Å². The number of amides is 1. The van der Waals surface area contributed by atoms with Crippen LogP contribution in [0.2, 0.25) is 0 Å². The van der Waals surface area contributed by atoms with Crippen LogP contribution < -0.4 is 10.1 Å². The van der Waals surface area contributed by atoms with Gasteiger partial charge in [0.2, 0.25) is 0 Å². The van der Waals surface area contributed by atoms with E-state index in [1.807, 2.05) is 55.5 Å². The second-order valence-corrected chi connectivity index (χ2v) is 6.69. The number of ether oxygens (including phenoxy) is 2. The molecule has 0 unspecified atom stereocenters. The molecule has 3 rings (SSSR count). The van der Waals surface area contributed by atoms with Gasteiger partial charge in [-0.1, -0.05) is 36.4 Å². The zero-order valence-corrected chi connectivity index (χ0v) is 17.3. The number of esters is 1. The molecule has 0 saturated heterocycles. The first-order valence-electron chi connectivity index (χ1n) is 9.76. The second-order valence-electron chi connectivity index (χ2n) is 6.69. The molecule has 0 spiro atoms. The summed E-state index contributed by atoms with van der Waals surface area (Å²) in [5.41, 5.74) is 2.87. The van der Waals surface area contributed by atoms with E-state index in [1.54, 1.807) is 30.7 Å². The molecular formula is C23H25N3O4. The molecule has 1 N–H and O–H groups in total. The summed E-state index contributed by atoms with van der Waals surface area (Å²) >= 11 is 0. The highest BCUT2D eigenvalue weighted by atomic mass is 16.5. The molecular weight excluding hydrogens is 382 g/mol. The van der Waals surface area contributed by atoms with Gasteiger partial charge in [0.25, 0.3) is 5.91 Å². The van der Waals surface area contributed by atoms with Gasteiger partial charge in [-0.3, -0.25) is 4.79 Å². The average Bonchev–Trinajstić information content (AvgIpc) is 3.06. The van der Waals surface area contributed by atoms with Crippen LogP contribution in [0.4, 0.5) is 0 Å². The summed E-state index contributed by atoms with van der Waals surface area (Å²) in [4.78, 5) is 25.2. The molecule has 0 aliphatic rings. The molecule has 1 atom stereocenters. The molecule has 1 aromatic heterocycles. The van der Waals surface area contributed by atoms with E-state index in [9.17, 15) is 9.59 Å². The number of para-hydroxylation sites is 2. The molecule has 0 saturated carbocycles. The summed E-state index contributed by atoms with van der Waals surface area (Å²) in [5, 5.41) is 7.31. The summed E-state index contributed by atoms with van der Waals surface area (Å²) in [6, 6.07) is 17.6. The third-order valence-electron chi connectivity index (χ3n) is 4.58. The Balaban J connectivity index is 1.84. The van der Waals surface area contributed by atoms with Crippen LogP contribution >= 0.6 is 0 Å². The zero-order chi connectivity index (χ0) is 21.5. The number of rotatable bonds is 8. The van der Waals surface area contributed by atoms with Gasteiger partial charge < -0.3 is 14.8 Å². The molecule has 0 radical (unpaired) electrons. The van der Waals surface area contributed by atoms with Gasteiger partial charge in [0.15, 0.2) is 12.6 Å². The van der Waals surface area contributed by atoms with Crippen molar-refractivity contribution in [3.63, 3.8) is 0 Å². The van der Waals surface area contributed by atoms with Gasteiger partial charge in [0.1, 0.15) is 5.75 Å². The maximum absolute atomic E-state index is 12.7. The van der Waals surface area contributed by atoms with Crippen LogP contribution in [0, 0.1) is 13.8 Å². The number of hydrogen-bond donors (Lipinski definition) is 1. The highest BCUT2D eigenvalue weighted by molar-refractivity contribution is 5.86. The van der Waals surface area contributed by atoms with Crippen LogP contribution in [0.1, 0.15) is 29.9 Å². The molecule has 30 heavy (non-hydrogen) atoms. The van der Waals surface area contributed by atoms with E-state index in [4.69, 9.17) is 9.47 Å². The molecule has 1 heterocycles. The van der Waals surface area contributed by atoms with Gasteiger partial charge in [0.05, 0.1) is 18.0 Å². The van der Waals surface area contributed by atoms with Crippen molar-refractivity contribution in [2.45, 2.75) is 26.8 Å². The smallest absolute Gasteiger partial charge is 0.333 e. The largest absolute Gasteiger partial charge is 0.484 e. The van der Waals surface area contributed by atoms with Crippen molar-refractivity contribution in [1.29, 1.82) is 0 Å². The maximum Gasteiger partial charge on any atom is 0.333 e. The topological polar surface area (TPSA) is 82.4 Å². The standard InChI is InChI=1S/C23H25N3O4/c1-4-29-23(28)22(24-20(27)15-30-19-13-9-6-10-14-19)21-16(2)25-26(17(21)3)18-11-7-5-8-12-18/h5-14,22H,4,15H2,1-3H3,(H,24,27)/t22-/m1/s1. The Labute approximate surface area is 175 Å². The highest BCUT2D eigenvalue weighted by Gasteiger charge is 2.30. The fourth-order valence-corrected chi connectivity index (χ4v) is 3.24. The summed E-state index contributed by atoms with van der Waals surface area (Å²) in [6.07, 6.45) is 0. The lowest BCUT2D eigenvalue weighted by Gasteiger charge is -2.18. The molecule has 156 valence electrons. The van der Waals surface area contributed by atoms with E-state index in [-0.39, 0.29) is 13.2 Å². The number of hydrogen-bond acceptors (Lipinski definition) is 5. The molecule has 0 aliphatic carbocycles. The molecule has 0 fully saturated rings. The van der Waals surface area contributed by atoms with Crippen molar-refractivity contribution in [2.75, 3.05) is 13.2 Å². The van der Waals surface area contributed by atoms with Crippen LogP contribution in [-0.4, -0.2) is 34.9 Å². The lowest BCUT2D eigenvalue weighted by molar-refractivity contribution is -0.147. The first-order chi connectivity index (χ1) is 14.5. The summed E-state index contributed by atoms with van der Waals surface area (Å²) in [7, 11) is 0. The first-order valence-corrected chi connectivity index (χ1v) is 9.76. The normalized spacial score (nSPS) is 11.6. The van der Waals surface area contributed by atoms with E-state index in [0.29, 0.717) is 17.0 Å². The van der Waals surface area contributed by atoms with Crippen molar-refractivity contribution in [1.82, 2.24) is 15.1 Å². The van der Waals surface area contributed by atoms with Crippen LogP contribution in [0.25, 0.3) is 5.69 Å². The Bertz CT molecular complexity index is 1000. The molecule has 0 bridgehead atoms. The van der Waals surface area contributed by atoms with E-state index >= 15 is 0 Å². The number of nitrogens with one attached hydrogen (secondary N) is 1. The Morgan fingerprint density at radius 3 is 2.30 bits per heavy atom. The van der Waals surface area contributed by atoms with Crippen LogP contribution in [0.15, 0.2) is 60.7 Å². The summed E-state index contributed by atoms with van der Waals surface area (Å²) < 4.78 is 12.5. The van der Waals surface area contributed by atoms with Crippen molar-refractivity contribution in [2.24, 2.45) is 0 Å². The van der Waals surface area contributed by atoms with Crippen LogP contribution in [-0.2, 0) is 14.3 Å². The first kappa shape index (κ1) is 21.1. The van der Waals surface area contributed by atoms with E-state index < -0.39 is 17.9 Å². The minimum absolute atomic E-state index is 0.205. The SMILES string of the molecule is CCOC(=O)[C@H](NC(=O)COc1ccccc1)c1c(C)nn(-c2ccccc2)c1C. The number of carbonyl (C=O) groups excluding carboxylic acids is 2. The quantitative estimate of drug-likeness (QED) is 0.580. The zero-order valence-electron chi connectivity index (χ0n) is 17.3. The predicted octanol–water partition coefficient (Wildman–Crippen LogP) is 3.29. The fourth-order valence-electron chi connectivity index (χ4n) is 3.24. The highest BCUT2D eigenvalue weighted by Crippen LogP contribution is 2.25. The monoisotopic (exact) mass is 407 g/mol. The third-order valence-corrected chi connectivity index (χ3v) is 4.58. The van der Waals surface area contributed by atoms with E-state index in [2.05, 4.69) is 10.4 Å². The van der Waals surface area contributed by atoms with Gasteiger partial charge in [-0.25, -0.2) is 9.48 Å². The number of aromatic nitrogens is 2. The van der Waals surface area contributed by atoms with Gasteiger partial charge in [-0.05, 0) is 45.0 Å². The lowest BCUT2D eigenvalue weighted by Crippen LogP contribution is -2.38. The molecule has 0 aliphatic heterocycles. The average molecular weight is 407 g/mol. The van der Waals surface area contributed by atoms with Gasteiger partial charge in [-0.2, -0.15) is 5.10 Å². The number of benzene rings is 2. The van der Waals surface area contributed by atoms with Crippen LogP contribution in [0.5, 0.6) is 5.75 Å². The van der Waals surface area contributed by atoms with Crippen molar-refractivity contribution >= 4 is 11.9 Å². The molecule has 3 aromatic rings. The molecule has 1 amide bonds. The minimum atomic E-state index is -0.978. The number of carbonyl (C=O) groups is 2. The number of aryl methyl sites for hydroxylation is 1. The Morgan fingerprint density at radius 1 is 1.03 bits per heavy atom. The molecule has 7 nitrogen and oxygen atoms in total. The van der Waals surface area contributed by atoms with Crippen LogP contribution in [0.3, 0.4) is 0 Å². The van der Waals surface area contributed by atoms with Gasteiger partial charge in [0, 0.05) is 11.3 Å². The Kier molecular flexibility index (Phi) is 6.85. The van der Waals surface area contributed by atoms with Crippen molar-refractivity contribution < 1.29 is 19.1 Å². The number of nitrogens with zero attached hydrogens (tertiary/aromatic N) is 2. The predicted molar refractivity (Wildman–Crippen MR) is 112 cm³/mol. The maximum atomic E-state index is 12.7. The fraction of sp³-hybridized carbons (Fsp3) is 0.261. The Hall–Kier alpha value is -3.61. The van der Waals surface area contributed by atoms with E-state index in [0.717, 1.165) is 11.4 Å². The lowest BCUT2D eigenvalue weighted by atomic mass is 10.0. The van der Waals surface area contributed by atoms with Crippen molar-refractivity contribution in [3.8, 4) is 11.4 Å². The van der Waals surface area contributed by atoms with Gasteiger partial charge in [-0.15, -0.1) is 0 Å². The summed E-state index contributed by atoms with van der Waals surface area (Å²) in [5.74, 6) is -0.392. The molecule has 2 aromatic carbocycles. The molecule has 7 heteroatoms. The summed E-state index contributed by atoms with van der Waals surface area (Å²) in [6.45, 7) is 5.38. The second kappa shape index (κ2) is 9.73. The van der Waals surface area contributed by atoms with E-state index in [1.165, 1.54) is 0 Å². The van der Waals surface area contributed by atoms with Gasteiger partial charge >= 0.3 is 5.97 Å². The Morgan fingerprint density at radius 2 is 1.67 bits per heavy atom. The third kappa shape index (κ3) is 4.86.